The summed E-state index contributed by atoms with van der Waals surface area (Å²) in [5.74, 6) is 0. The molecule has 0 amide bonds. The predicted molar refractivity (Wildman–Crippen MR) is 49.0 cm³/mol. The van der Waals surface area contributed by atoms with Gasteiger partial charge in [0.2, 0.25) is 0 Å². The maximum absolute atomic E-state index is 8.34. The highest BCUT2D eigenvalue weighted by Gasteiger charge is 1.92. The fourth-order valence-corrected chi connectivity index (χ4v) is 1.10. The third kappa shape index (κ3) is 2.21. The molecule has 0 fully saturated rings. The third-order valence-electron chi connectivity index (χ3n) is 1.24. The standard InChI is InChI=1S/C9H6BrN/c10-9(6-7-11)8-4-2-1-3-5-8/h1-6H/b9-6+. The van der Waals surface area contributed by atoms with Gasteiger partial charge in [0.1, 0.15) is 0 Å². The molecule has 0 aliphatic carbocycles. The largest absolute Gasteiger partial charge is 0.193 e. The molecule has 11 heavy (non-hydrogen) atoms. The van der Waals surface area contributed by atoms with Gasteiger partial charge in [-0.3, -0.25) is 0 Å². The van der Waals surface area contributed by atoms with Gasteiger partial charge >= 0.3 is 0 Å². The van der Waals surface area contributed by atoms with Crippen molar-refractivity contribution in [2.45, 2.75) is 0 Å². The average Bonchev–Trinajstić information content (AvgIpc) is 2.07. The molecular weight excluding hydrogens is 202 g/mol. The first-order chi connectivity index (χ1) is 5.34. The summed E-state index contributed by atoms with van der Waals surface area (Å²) >= 11 is 3.28. The molecule has 0 spiro atoms. The lowest BCUT2D eigenvalue weighted by Crippen LogP contribution is -1.72. The summed E-state index contributed by atoms with van der Waals surface area (Å²) in [6.07, 6.45) is 1.47. The molecule has 1 nitrogen and oxygen atoms in total. The molecular formula is C9H6BrN. The van der Waals surface area contributed by atoms with Crippen molar-refractivity contribution < 1.29 is 0 Å². The zero-order valence-corrected chi connectivity index (χ0v) is 7.38. The zero-order valence-electron chi connectivity index (χ0n) is 5.79. The van der Waals surface area contributed by atoms with Gasteiger partial charge < -0.3 is 0 Å². The van der Waals surface area contributed by atoms with Gasteiger partial charge in [-0.1, -0.05) is 30.3 Å². The molecule has 1 aromatic carbocycles. The quantitative estimate of drug-likeness (QED) is 0.651. The van der Waals surface area contributed by atoms with Gasteiger partial charge in [-0.25, -0.2) is 0 Å². The Kier molecular flexibility index (Phi) is 2.88. The van der Waals surface area contributed by atoms with Gasteiger partial charge in [0.05, 0.1) is 6.07 Å². The van der Waals surface area contributed by atoms with Crippen molar-refractivity contribution in [3.63, 3.8) is 0 Å². The van der Waals surface area contributed by atoms with E-state index < -0.39 is 0 Å². The Labute approximate surface area is 74.1 Å². The smallest absolute Gasteiger partial charge is 0.0924 e. The first-order valence-corrected chi connectivity index (χ1v) is 3.94. The monoisotopic (exact) mass is 207 g/mol. The Morgan fingerprint density at radius 3 is 2.55 bits per heavy atom. The molecule has 1 rings (SSSR count). The van der Waals surface area contributed by atoms with E-state index in [4.69, 9.17) is 5.26 Å². The minimum Gasteiger partial charge on any atom is -0.193 e. The summed E-state index contributed by atoms with van der Waals surface area (Å²) < 4.78 is 0.820. The molecule has 0 aliphatic heterocycles. The van der Waals surface area contributed by atoms with Crippen LogP contribution in [0.4, 0.5) is 0 Å². The first kappa shape index (κ1) is 8.03. The molecule has 0 saturated heterocycles. The zero-order chi connectivity index (χ0) is 8.10. The van der Waals surface area contributed by atoms with Crippen LogP contribution in [0.3, 0.4) is 0 Å². The van der Waals surface area contributed by atoms with Crippen molar-refractivity contribution in [2.75, 3.05) is 0 Å². The van der Waals surface area contributed by atoms with E-state index in [1.165, 1.54) is 6.08 Å². The molecule has 2 heteroatoms. The van der Waals surface area contributed by atoms with E-state index in [9.17, 15) is 0 Å². The second kappa shape index (κ2) is 3.95. The van der Waals surface area contributed by atoms with Gasteiger partial charge in [0, 0.05) is 10.6 Å². The Bertz CT molecular complexity index is 295. The van der Waals surface area contributed by atoms with E-state index in [2.05, 4.69) is 15.9 Å². The Balaban J connectivity index is 2.96. The van der Waals surface area contributed by atoms with Gasteiger partial charge in [-0.15, -0.1) is 0 Å². The van der Waals surface area contributed by atoms with Gasteiger partial charge in [-0.2, -0.15) is 5.26 Å². The van der Waals surface area contributed by atoms with Crippen LogP contribution in [0, 0.1) is 11.3 Å². The van der Waals surface area contributed by atoms with E-state index in [1.807, 2.05) is 36.4 Å². The van der Waals surface area contributed by atoms with Crippen LogP contribution < -0.4 is 0 Å². The Morgan fingerprint density at radius 1 is 1.36 bits per heavy atom. The van der Waals surface area contributed by atoms with E-state index in [0.717, 1.165) is 10.0 Å². The third-order valence-corrected chi connectivity index (χ3v) is 1.93. The maximum Gasteiger partial charge on any atom is 0.0924 e. The summed E-state index contributed by atoms with van der Waals surface area (Å²) in [6, 6.07) is 11.6. The summed E-state index contributed by atoms with van der Waals surface area (Å²) in [5, 5.41) is 8.34. The van der Waals surface area contributed by atoms with Crippen molar-refractivity contribution in [2.24, 2.45) is 0 Å². The maximum atomic E-state index is 8.34. The molecule has 0 aliphatic rings. The van der Waals surface area contributed by atoms with Crippen LogP contribution in [0.15, 0.2) is 36.4 Å². The second-order valence-corrected chi connectivity index (χ2v) is 2.84. The van der Waals surface area contributed by atoms with Crippen LogP contribution in [0.5, 0.6) is 0 Å². The number of rotatable bonds is 1. The molecule has 0 atom stereocenters. The summed E-state index contributed by atoms with van der Waals surface area (Å²) in [6.45, 7) is 0. The highest BCUT2D eigenvalue weighted by molar-refractivity contribution is 9.15. The van der Waals surface area contributed by atoms with Crippen molar-refractivity contribution in [1.29, 1.82) is 5.26 Å². The predicted octanol–water partition coefficient (Wildman–Crippen LogP) is 2.95. The minimum absolute atomic E-state index is 0.820. The molecule has 1 aromatic rings. The van der Waals surface area contributed by atoms with Gasteiger partial charge in [0.25, 0.3) is 0 Å². The minimum atomic E-state index is 0.820. The summed E-state index contributed by atoms with van der Waals surface area (Å²) in [4.78, 5) is 0. The van der Waals surface area contributed by atoms with E-state index in [1.54, 1.807) is 0 Å². The number of allylic oxidation sites excluding steroid dienone is 1. The highest BCUT2D eigenvalue weighted by atomic mass is 79.9. The molecule has 0 heterocycles. The van der Waals surface area contributed by atoms with E-state index >= 15 is 0 Å². The number of benzene rings is 1. The van der Waals surface area contributed by atoms with Crippen LogP contribution in [-0.4, -0.2) is 0 Å². The average molecular weight is 208 g/mol. The number of halogens is 1. The van der Waals surface area contributed by atoms with Crippen LogP contribution >= 0.6 is 15.9 Å². The lowest BCUT2D eigenvalue weighted by atomic mass is 10.2. The van der Waals surface area contributed by atoms with Crippen LogP contribution in [0.2, 0.25) is 0 Å². The lowest BCUT2D eigenvalue weighted by molar-refractivity contribution is 1.53. The van der Waals surface area contributed by atoms with Gasteiger partial charge in [-0.05, 0) is 21.5 Å². The van der Waals surface area contributed by atoms with Crippen LogP contribution in [-0.2, 0) is 0 Å². The number of nitrogens with zero attached hydrogens (tertiary/aromatic N) is 1. The number of nitriles is 1. The van der Waals surface area contributed by atoms with Crippen molar-refractivity contribution in [1.82, 2.24) is 0 Å². The SMILES string of the molecule is N#C/C=C(/Br)c1ccccc1. The number of hydrogen-bond acceptors (Lipinski definition) is 1. The fourth-order valence-electron chi connectivity index (χ4n) is 0.737. The molecule has 0 unspecified atom stereocenters. The molecule has 0 radical (unpaired) electrons. The fraction of sp³-hybridized carbons (Fsp3) is 0. The van der Waals surface area contributed by atoms with Crippen molar-refractivity contribution in [3.05, 3.63) is 42.0 Å². The van der Waals surface area contributed by atoms with Crippen LogP contribution in [0.25, 0.3) is 4.48 Å². The molecule has 54 valence electrons. The lowest BCUT2D eigenvalue weighted by Gasteiger charge is -1.94. The normalized spacial score (nSPS) is 10.7. The molecule has 0 aromatic heterocycles. The summed E-state index contributed by atoms with van der Waals surface area (Å²) in [5.41, 5.74) is 1.02. The van der Waals surface area contributed by atoms with E-state index in [-0.39, 0.29) is 0 Å². The highest BCUT2D eigenvalue weighted by Crippen LogP contribution is 2.19. The van der Waals surface area contributed by atoms with Crippen molar-refractivity contribution in [3.8, 4) is 6.07 Å². The van der Waals surface area contributed by atoms with E-state index in [0.29, 0.717) is 0 Å². The second-order valence-electron chi connectivity index (χ2n) is 1.99. The first-order valence-electron chi connectivity index (χ1n) is 3.15. The number of hydrogen-bond donors (Lipinski definition) is 0. The van der Waals surface area contributed by atoms with Gasteiger partial charge in [0.15, 0.2) is 0 Å². The molecule has 0 N–H and O–H groups in total. The Hall–Kier alpha value is -1.07. The molecule has 0 saturated carbocycles. The summed E-state index contributed by atoms with van der Waals surface area (Å²) in [7, 11) is 0. The molecule has 0 bridgehead atoms. The Morgan fingerprint density at radius 2 is 2.00 bits per heavy atom. The van der Waals surface area contributed by atoms with Crippen LogP contribution in [0.1, 0.15) is 5.56 Å². The topological polar surface area (TPSA) is 23.8 Å². The van der Waals surface area contributed by atoms with Crippen molar-refractivity contribution >= 4 is 20.4 Å².